The molecule has 1 rings (SSSR count). The molecule has 94 valence electrons. The summed E-state index contributed by atoms with van der Waals surface area (Å²) in [6, 6.07) is 3.68. The smallest absolute Gasteiger partial charge is 0.315 e. The number of carbonyl (C=O) groups excluding carboxylic acids is 1. The third kappa shape index (κ3) is 4.30. The van der Waals surface area contributed by atoms with Crippen molar-refractivity contribution >= 4 is 6.03 Å². The van der Waals surface area contributed by atoms with Crippen molar-refractivity contribution in [3.8, 4) is 5.88 Å². The molecule has 0 aliphatic carbocycles. The molecule has 2 amide bonds. The van der Waals surface area contributed by atoms with Crippen molar-refractivity contribution in [1.82, 2.24) is 15.6 Å². The van der Waals surface area contributed by atoms with Gasteiger partial charge in [0.2, 0.25) is 5.88 Å². The molecule has 5 heteroatoms. The SMILES string of the molecule is CCC(C)NC(=O)NCc1cccnc1OC. The number of aromatic nitrogens is 1. The van der Waals surface area contributed by atoms with Crippen LogP contribution in [0.1, 0.15) is 25.8 Å². The second kappa shape index (κ2) is 6.73. The van der Waals surface area contributed by atoms with E-state index in [9.17, 15) is 4.79 Å². The van der Waals surface area contributed by atoms with Crippen molar-refractivity contribution in [2.75, 3.05) is 7.11 Å². The van der Waals surface area contributed by atoms with Crippen LogP contribution in [0.15, 0.2) is 18.3 Å². The number of ether oxygens (including phenoxy) is 1. The Bertz CT molecular complexity index is 369. The van der Waals surface area contributed by atoms with Gasteiger partial charge in [-0.15, -0.1) is 0 Å². The Morgan fingerprint density at radius 2 is 2.35 bits per heavy atom. The number of nitrogens with one attached hydrogen (secondary N) is 2. The van der Waals surface area contributed by atoms with Crippen molar-refractivity contribution in [3.63, 3.8) is 0 Å². The molecular formula is C12H19N3O2. The van der Waals surface area contributed by atoms with Gasteiger partial charge in [-0.3, -0.25) is 0 Å². The van der Waals surface area contributed by atoms with Gasteiger partial charge in [0.15, 0.2) is 0 Å². The highest BCUT2D eigenvalue weighted by Gasteiger charge is 2.07. The molecule has 0 aromatic carbocycles. The van der Waals surface area contributed by atoms with Crippen molar-refractivity contribution in [3.05, 3.63) is 23.9 Å². The topological polar surface area (TPSA) is 63.2 Å². The van der Waals surface area contributed by atoms with Crippen LogP contribution in [0.25, 0.3) is 0 Å². The van der Waals surface area contributed by atoms with Crippen molar-refractivity contribution in [2.45, 2.75) is 32.9 Å². The van der Waals surface area contributed by atoms with Crippen molar-refractivity contribution in [1.29, 1.82) is 0 Å². The van der Waals surface area contributed by atoms with Crippen molar-refractivity contribution in [2.24, 2.45) is 0 Å². The lowest BCUT2D eigenvalue weighted by molar-refractivity contribution is 0.237. The quantitative estimate of drug-likeness (QED) is 0.819. The van der Waals surface area contributed by atoms with Crippen LogP contribution in [0.5, 0.6) is 5.88 Å². The monoisotopic (exact) mass is 237 g/mol. The lowest BCUT2D eigenvalue weighted by Gasteiger charge is -2.13. The Morgan fingerprint density at radius 3 is 3.00 bits per heavy atom. The number of nitrogens with zero attached hydrogens (tertiary/aromatic N) is 1. The highest BCUT2D eigenvalue weighted by Crippen LogP contribution is 2.12. The molecule has 0 aliphatic rings. The largest absolute Gasteiger partial charge is 0.481 e. The van der Waals surface area contributed by atoms with Gasteiger partial charge in [-0.1, -0.05) is 13.0 Å². The molecule has 0 aliphatic heterocycles. The van der Waals surface area contributed by atoms with Crippen LogP contribution in [-0.4, -0.2) is 24.2 Å². The lowest BCUT2D eigenvalue weighted by Crippen LogP contribution is -2.40. The number of hydrogen-bond acceptors (Lipinski definition) is 3. The van der Waals surface area contributed by atoms with Crippen LogP contribution in [0, 0.1) is 0 Å². The maximum Gasteiger partial charge on any atom is 0.315 e. The first-order valence-corrected chi connectivity index (χ1v) is 5.69. The Balaban J connectivity index is 2.47. The minimum Gasteiger partial charge on any atom is -0.481 e. The van der Waals surface area contributed by atoms with E-state index in [4.69, 9.17) is 4.74 Å². The number of amides is 2. The zero-order valence-electron chi connectivity index (χ0n) is 10.5. The van der Waals surface area contributed by atoms with Gasteiger partial charge in [0.1, 0.15) is 0 Å². The average molecular weight is 237 g/mol. The van der Waals surface area contributed by atoms with E-state index in [1.165, 1.54) is 0 Å². The van der Waals surface area contributed by atoms with Crippen LogP contribution >= 0.6 is 0 Å². The molecule has 1 aromatic heterocycles. The van der Waals surface area contributed by atoms with E-state index in [2.05, 4.69) is 15.6 Å². The molecule has 1 aromatic rings. The van der Waals surface area contributed by atoms with Crippen LogP contribution in [0.2, 0.25) is 0 Å². The zero-order chi connectivity index (χ0) is 12.7. The number of hydrogen-bond donors (Lipinski definition) is 2. The van der Waals surface area contributed by atoms with Gasteiger partial charge in [-0.05, 0) is 19.4 Å². The molecule has 0 bridgehead atoms. The number of urea groups is 1. The Labute approximate surface area is 102 Å². The van der Waals surface area contributed by atoms with E-state index in [1.807, 2.05) is 26.0 Å². The lowest BCUT2D eigenvalue weighted by atomic mass is 10.2. The molecule has 0 radical (unpaired) electrons. The van der Waals surface area contributed by atoms with Gasteiger partial charge in [0.25, 0.3) is 0 Å². The summed E-state index contributed by atoms with van der Waals surface area (Å²) in [5, 5.41) is 5.59. The predicted molar refractivity (Wildman–Crippen MR) is 65.9 cm³/mol. The van der Waals surface area contributed by atoms with E-state index in [-0.39, 0.29) is 12.1 Å². The van der Waals surface area contributed by atoms with E-state index in [0.29, 0.717) is 12.4 Å². The van der Waals surface area contributed by atoms with E-state index in [0.717, 1.165) is 12.0 Å². The third-order valence-corrected chi connectivity index (χ3v) is 2.47. The minimum atomic E-state index is -0.176. The second-order valence-corrected chi connectivity index (χ2v) is 3.81. The molecule has 17 heavy (non-hydrogen) atoms. The highest BCUT2D eigenvalue weighted by atomic mass is 16.5. The zero-order valence-corrected chi connectivity index (χ0v) is 10.5. The normalized spacial score (nSPS) is 11.7. The Hall–Kier alpha value is -1.78. The fourth-order valence-corrected chi connectivity index (χ4v) is 1.29. The molecule has 1 heterocycles. The number of pyridine rings is 1. The fraction of sp³-hybridized carbons (Fsp3) is 0.500. The number of methoxy groups -OCH3 is 1. The van der Waals surface area contributed by atoms with E-state index >= 15 is 0 Å². The summed E-state index contributed by atoms with van der Waals surface area (Å²) < 4.78 is 5.10. The van der Waals surface area contributed by atoms with Crippen LogP contribution in [0.3, 0.4) is 0 Å². The average Bonchev–Trinajstić information content (AvgIpc) is 2.36. The van der Waals surface area contributed by atoms with E-state index in [1.54, 1.807) is 13.3 Å². The van der Waals surface area contributed by atoms with Gasteiger partial charge in [-0.2, -0.15) is 0 Å². The molecule has 0 spiro atoms. The molecular weight excluding hydrogens is 218 g/mol. The predicted octanol–water partition coefficient (Wildman–Crippen LogP) is 1.69. The maximum atomic E-state index is 11.5. The van der Waals surface area contributed by atoms with Gasteiger partial charge in [-0.25, -0.2) is 9.78 Å². The molecule has 0 saturated carbocycles. The van der Waals surface area contributed by atoms with Gasteiger partial charge in [0, 0.05) is 24.3 Å². The number of carbonyl (C=O) groups is 1. The molecule has 5 nitrogen and oxygen atoms in total. The first kappa shape index (κ1) is 13.3. The molecule has 1 atom stereocenters. The third-order valence-electron chi connectivity index (χ3n) is 2.47. The van der Waals surface area contributed by atoms with Gasteiger partial charge >= 0.3 is 6.03 Å². The minimum absolute atomic E-state index is 0.172. The van der Waals surface area contributed by atoms with Crippen LogP contribution < -0.4 is 15.4 Å². The summed E-state index contributed by atoms with van der Waals surface area (Å²) in [6.45, 7) is 4.39. The summed E-state index contributed by atoms with van der Waals surface area (Å²) in [4.78, 5) is 15.6. The summed E-state index contributed by atoms with van der Waals surface area (Å²) >= 11 is 0. The van der Waals surface area contributed by atoms with Crippen LogP contribution in [-0.2, 0) is 6.54 Å². The fourth-order valence-electron chi connectivity index (χ4n) is 1.29. The molecule has 2 N–H and O–H groups in total. The summed E-state index contributed by atoms with van der Waals surface area (Å²) in [5.41, 5.74) is 0.856. The highest BCUT2D eigenvalue weighted by molar-refractivity contribution is 5.74. The van der Waals surface area contributed by atoms with Crippen molar-refractivity contribution < 1.29 is 9.53 Å². The summed E-state index contributed by atoms with van der Waals surface area (Å²) in [7, 11) is 1.56. The first-order valence-electron chi connectivity index (χ1n) is 5.69. The number of rotatable bonds is 5. The Morgan fingerprint density at radius 1 is 1.59 bits per heavy atom. The molecule has 1 unspecified atom stereocenters. The first-order chi connectivity index (χ1) is 8.17. The van der Waals surface area contributed by atoms with Crippen LogP contribution in [0.4, 0.5) is 4.79 Å². The standard InChI is InChI=1S/C12H19N3O2/c1-4-9(2)15-12(16)14-8-10-6-5-7-13-11(10)17-3/h5-7,9H,4,8H2,1-3H3,(H2,14,15,16). The maximum absolute atomic E-state index is 11.5. The summed E-state index contributed by atoms with van der Waals surface area (Å²) in [6.07, 6.45) is 2.56. The molecule has 0 saturated heterocycles. The second-order valence-electron chi connectivity index (χ2n) is 3.81. The summed E-state index contributed by atoms with van der Waals surface area (Å²) in [5.74, 6) is 0.538. The van der Waals surface area contributed by atoms with E-state index < -0.39 is 0 Å². The molecule has 0 fully saturated rings. The van der Waals surface area contributed by atoms with Gasteiger partial charge in [0.05, 0.1) is 7.11 Å². The van der Waals surface area contributed by atoms with Gasteiger partial charge < -0.3 is 15.4 Å². The Kier molecular flexibility index (Phi) is 5.26.